The summed E-state index contributed by atoms with van der Waals surface area (Å²) in [4.78, 5) is 11.7. The molecular formula is C13H18N6O2. The van der Waals surface area contributed by atoms with E-state index in [1.807, 2.05) is 6.92 Å². The molecule has 8 heteroatoms. The third-order valence-electron chi connectivity index (χ3n) is 3.78. The van der Waals surface area contributed by atoms with Gasteiger partial charge in [0.05, 0.1) is 12.8 Å². The molecule has 0 fully saturated rings. The lowest BCUT2D eigenvalue weighted by molar-refractivity contribution is 0.0592. The second-order valence-corrected chi connectivity index (χ2v) is 5.03. The summed E-state index contributed by atoms with van der Waals surface area (Å²) in [6.07, 6.45) is 3.93. The van der Waals surface area contributed by atoms with E-state index in [4.69, 9.17) is 4.74 Å². The molecule has 1 aliphatic heterocycles. The smallest absolute Gasteiger partial charge is 0.360 e. The monoisotopic (exact) mass is 290 g/mol. The lowest BCUT2D eigenvalue weighted by Gasteiger charge is -2.14. The van der Waals surface area contributed by atoms with Crippen molar-refractivity contribution in [3.8, 4) is 0 Å². The third-order valence-corrected chi connectivity index (χ3v) is 3.78. The Hall–Kier alpha value is -2.25. The van der Waals surface area contributed by atoms with E-state index in [0.29, 0.717) is 13.0 Å². The molecule has 21 heavy (non-hydrogen) atoms. The molecule has 0 unspecified atom stereocenters. The third kappa shape index (κ3) is 2.41. The molecule has 2 aromatic rings. The lowest BCUT2D eigenvalue weighted by Crippen LogP contribution is -2.17. The first-order chi connectivity index (χ1) is 10.2. The van der Waals surface area contributed by atoms with E-state index >= 15 is 0 Å². The molecule has 3 heterocycles. The maximum Gasteiger partial charge on any atom is 0.360 e. The molecular weight excluding hydrogens is 272 g/mol. The van der Waals surface area contributed by atoms with Crippen LogP contribution in [0.1, 0.15) is 47.6 Å². The van der Waals surface area contributed by atoms with Crippen molar-refractivity contribution in [3.05, 3.63) is 23.0 Å². The van der Waals surface area contributed by atoms with Crippen molar-refractivity contribution in [2.24, 2.45) is 0 Å². The van der Waals surface area contributed by atoms with Crippen LogP contribution in [0.5, 0.6) is 0 Å². The maximum atomic E-state index is 11.7. The number of esters is 1. The van der Waals surface area contributed by atoms with E-state index in [1.165, 1.54) is 7.11 Å². The standard InChI is InChI=1S/C13H18N6O2/c1-3-9-12(13(20)21-2)16-17-19(9)8-11-15-14-10-6-4-5-7-18(10)11/h3-8H2,1-2H3. The highest BCUT2D eigenvalue weighted by Gasteiger charge is 2.21. The predicted molar refractivity (Wildman–Crippen MR) is 72.8 cm³/mol. The molecule has 8 nitrogen and oxygen atoms in total. The van der Waals surface area contributed by atoms with Gasteiger partial charge in [-0.3, -0.25) is 0 Å². The van der Waals surface area contributed by atoms with Gasteiger partial charge in [-0.25, -0.2) is 9.48 Å². The van der Waals surface area contributed by atoms with E-state index in [9.17, 15) is 4.79 Å². The highest BCUT2D eigenvalue weighted by molar-refractivity contribution is 5.88. The van der Waals surface area contributed by atoms with E-state index < -0.39 is 5.97 Å². The number of hydrogen-bond acceptors (Lipinski definition) is 6. The first-order valence-electron chi connectivity index (χ1n) is 7.16. The fraction of sp³-hybridized carbons (Fsp3) is 0.615. The summed E-state index contributed by atoms with van der Waals surface area (Å²) < 4.78 is 8.58. The number of fused-ring (bicyclic) bond motifs is 1. The average Bonchev–Trinajstić information content (AvgIpc) is 3.11. The van der Waals surface area contributed by atoms with Crippen molar-refractivity contribution in [1.29, 1.82) is 0 Å². The normalized spacial score (nSPS) is 14.0. The van der Waals surface area contributed by atoms with Gasteiger partial charge in [0.2, 0.25) is 0 Å². The Morgan fingerprint density at radius 2 is 2.14 bits per heavy atom. The zero-order valence-electron chi connectivity index (χ0n) is 12.2. The second-order valence-electron chi connectivity index (χ2n) is 5.03. The predicted octanol–water partition coefficient (Wildman–Crippen LogP) is 0.603. The molecule has 0 N–H and O–H groups in total. The minimum atomic E-state index is -0.457. The number of hydrogen-bond donors (Lipinski definition) is 0. The number of methoxy groups -OCH3 is 1. The van der Waals surface area contributed by atoms with Gasteiger partial charge in [0, 0.05) is 13.0 Å². The number of rotatable bonds is 4. The highest BCUT2D eigenvalue weighted by Crippen LogP contribution is 2.16. The molecule has 1 aliphatic rings. The number of carbonyl (C=O) groups is 1. The molecule has 112 valence electrons. The summed E-state index contributed by atoms with van der Waals surface area (Å²) in [6, 6.07) is 0. The summed E-state index contributed by atoms with van der Waals surface area (Å²) in [5, 5.41) is 16.5. The molecule has 0 saturated heterocycles. The van der Waals surface area contributed by atoms with Gasteiger partial charge in [-0.1, -0.05) is 12.1 Å². The minimum absolute atomic E-state index is 0.276. The molecule has 0 spiro atoms. The van der Waals surface area contributed by atoms with E-state index in [1.54, 1.807) is 4.68 Å². The number of carbonyl (C=O) groups excluding carboxylic acids is 1. The average molecular weight is 290 g/mol. The Bertz CT molecular complexity index is 660. The van der Waals surface area contributed by atoms with Crippen LogP contribution in [0.3, 0.4) is 0 Å². The molecule has 0 atom stereocenters. The highest BCUT2D eigenvalue weighted by atomic mass is 16.5. The Balaban J connectivity index is 1.90. The Morgan fingerprint density at radius 1 is 1.29 bits per heavy atom. The molecule has 0 amide bonds. The fourth-order valence-electron chi connectivity index (χ4n) is 2.68. The van der Waals surface area contributed by atoms with Gasteiger partial charge in [-0.15, -0.1) is 15.3 Å². The SMILES string of the molecule is CCc1c(C(=O)OC)nnn1Cc1nnc2n1CCCC2. The zero-order valence-corrected chi connectivity index (χ0v) is 12.2. The van der Waals surface area contributed by atoms with Crippen molar-refractivity contribution in [2.45, 2.75) is 45.7 Å². The van der Waals surface area contributed by atoms with Crippen LogP contribution >= 0.6 is 0 Å². The first-order valence-corrected chi connectivity index (χ1v) is 7.16. The first kappa shape index (κ1) is 13.7. The van der Waals surface area contributed by atoms with E-state index in [2.05, 4.69) is 25.1 Å². The Kier molecular flexibility index (Phi) is 3.68. The zero-order chi connectivity index (χ0) is 14.8. The van der Waals surface area contributed by atoms with Crippen LogP contribution in [-0.2, 0) is 30.7 Å². The van der Waals surface area contributed by atoms with Crippen molar-refractivity contribution in [2.75, 3.05) is 7.11 Å². The second kappa shape index (κ2) is 5.63. The van der Waals surface area contributed by atoms with Crippen molar-refractivity contribution in [1.82, 2.24) is 29.8 Å². The molecule has 0 aromatic carbocycles. The van der Waals surface area contributed by atoms with E-state index in [-0.39, 0.29) is 5.69 Å². The van der Waals surface area contributed by atoms with Crippen LogP contribution < -0.4 is 0 Å². The van der Waals surface area contributed by atoms with Gasteiger partial charge in [0.1, 0.15) is 12.4 Å². The fourth-order valence-corrected chi connectivity index (χ4v) is 2.68. The quantitative estimate of drug-likeness (QED) is 0.766. The van der Waals surface area contributed by atoms with Crippen LogP contribution in [0, 0.1) is 0 Å². The van der Waals surface area contributed by atoms with Crippen molar-refractivity contribution in [3.63, 3.8) is 0 Å². The van der Waals surface area contributed by atoms with Crippen LogP contribution in [0.15, 0.2) is 0 Å². The molecule has 0 saturated carbocycles. The number of aryl methyl sites for hydroxylation is 1. The van der Waals surface area contributed by atoms with Gasteiger partial charge in [0.25, 0.3) is 0 Å². The van der Waals surface area contributed by atoms with Crippen molar-refractivity contribution < 1.29 is 9.53 Å². The topological polar surface area (TPSA) is 87.7 Å². The summed E-state index contributed by atoms with van der Waals surface area (Å²) in [5.41, 5.74) is 1.04. The van der Waals surface area contributed by atoms with E-state index in [0.717, 1.165) is 43.1 Å². The molecule has 2 aromatic heterocycles. The molecule has 0 bridgehead atoms. The Morgan fingerprint density at radius 3 is 2.90 bits per heavy atom. The number of nitrogens with zero attached hydrogens (tertiary/aromatic N) is 6. The summed E-state index contributed by atoms with van der Waals surface area (Å²) in [7, 11) is 1.34. The van der Waals surface area contributed by atoms with Gasteiger partial charge in [0.15, 0.2) is 11.5 Å². The lowest BCUT2D eigenvalue weighted by atomic mass is 10.2. The van der Waals surface area contributed by atoms with Crippen LogP contribution in [0.25, 0.3) is 0 Å². The van der Waals surface area contributed by atoms with Gasteiger partial charge in [-0.2, -0.15) is 0 Å². The Labute approximate surface area is 122 Å². The molecule has 0 radical (unpaired) electrons. The van der Waals surface area contributed by atoms with Crippen molar-refractivity contribution >= 4 is 5.97 Å². The van der Waals surface area contributed by atoms with Crippen LogP contribution in [0.4, 0.5) is 0 Å². The maximum absolute atomic E-state index is 11.7. The summed E-state index contributed by atoms with van der Waals surface area (Å²) in [6.45, 7) is 3.37. The van der Waals surface area contributed by atoms with Gasteiger partial charge < -0.3 is 9.30 Å². The van der Waals surface area contributed by atoms with Gasteiger partial charge in [-0.05, 0) is 19.3 Å². The molecule has 0 aliphatic carbocycles. The summed E-state index contributed by atoms with van der Waals surface area (Å²) >= 11 is 0. The van der Waals surface area contributed by atoms with Crippen LogP contribution in [-0.4, -0.2) is 42.8 Å². The van der Waals surface area contributed by atoms with Crippen LogP contribution in [0.2, 0.25) is 0 Å². The number of ether oxygens (including phenoxy) is 1. The number of aromatic nitrogens is 6. The minimum Gasteiger partial charge on any atom is -0.464 e. The largest absolute Gasteiger partial charge is 0.464 e. The molecule has 3 rings (SSSR count). The summed E-state index contributed by atoms with van der Waals surface area (Å²) in [5.74, 6) is 1.43. The van der Waals surface area contributed by atoms with Gasteiger partial charge >= 0.3 is 5.97 Å².